The molecule has 156 valence electrons. The van der Waals surface area contributed by atoms with Gasteiger partial charge in [-0.1, -0.05) is 24.0 Å². The molecule has 10 nitrogen and oxygen atoms in total. The van der Waals surface area contributed by atoms with Crippen LogP contribution in [0.1, 0.15) is 0 Å². The quantitative estimate of drug-likeness (QED) is 0.384. The van der Waals surface area contributed by atoms with Crippen molar-refractivity contribution >= 4 is 62.1 Å². The van der Waals surface area contributed by atoms with Crippen molar-refractivity contribution in [1.29, 1.82) is 0 Å². The molecule has 30 heavy (non-hydrogen) atoms. The molecule has 2 aliphatic heterocycles. The molecule has 0 radical (unpaired) electrons. The number of carboxylic acid groups (broad SMARTS) is 1. The summed E-state index contributed by atoms with van der Waals surface area (Å²) in [6.07, 6.45) is -0.0582. The number of amides is 2. The van der Waals surface area contributed by atoms with Gasteiger partial charge in [0, 0.05) is 17.0 Å². The van der Waals surface area contributed by atoms with Gasteiger partial charge in [-0.25, -0.2) is 9.78 Å². The molecule has 5 N–H and O–H groups in total. The maximum absolute atomic E-state index is 12.5. The molecule has 0 aliphatic carbocycles. The fourth-order valence-electron chi connectivity index (χ4n) is 3.18. The van der Waals surface area contributed by atoms with Gasteiger partial charge in [-0.05, 0) is 18.2 Å². The minimum atomic E-state index is -1.51. The lowest BCUT2D eigenvalue weighted by atomic mass is 10.1. The Morgan fingerprint density at radius 3 is 3.00 bits per heavy atom. The van der Waals surface area contributed by atoms with E-state index in [4.69, 9.17) is 15.6 Å². The number of hydrogen-bond donors (Lipinski definition) is 4. The molecular weight excluding hydrogens is 430 g/mol. The minimum Gasteiger partial charge on any atom is -0.449 e. The number of carbonyl (C=O) groups excluding carboxylic acids is 2. The first-order valence-electron chi connectivity index (χ1n) is 8.77. The van der Waals surface area contributed by atoms with Gasteiger partial charge in [-0.2, -0.15) is 0 Å². The monoisotopic (exact) mass is 447 g/mol. The van der Waals surface area contributed by atoms with Crippen molar-refractivity contribution in [2.45, 2.75) is 11.4 Å². The summed E-state index contributed by atoms with van der Waals surface area (Å²) < 4.78 is 5.67. The lowest BCUT2D eigenvalue weighted by Gasteiger charge is -2.48. The van der Waals surface area contributed by atoms with Gasteiger partial charge in [0.1, 0.15) is 11.4 Å². The number of anilines is 2. The number of nitrogens with one attached hydrogen (secondary N) is 2. The number of thioether (sulfide) groups is 1. The van der Waals surface area contributed by atoms with E-state index in [1.54, 1.807) is 6.07 Å². The van der Waals surface area contributed by atoms with Gasteiger partial charge in [0.25, 0.3) is 5.91 Å². The van der Waals surface area contributed by atoms with Crippen molar-refractivity contribution in [1.82, 2.24) is 15.2 Å². The highest BCUT2D eigenvalue weighted by atomic mass is 32.2. The van der Waals surface area contributed by atoms with Gasteiger partial charge in [-0.15, -0.1) is 11.8 Å². The third kappa shape index (κ3) is 3.66. The van der Waals surface area contributed by atoms with E-state index in [1.807, 2.05) is 12.1 Å². The molecular formula is C18H17N5O5S2. The largest absolute Gasteiger partial charge is 0.512 e. The van der Waals surface area contributed by atoms with Crippen LogP contribution in [0.5, 0.6) is 0 Å². The van der Waals surface area contributed by atoms with Crippen LogP contribution in [0.3, 0.4) is 0 Å². The SMILES string of the molecule is C=CC1=C(OC(=O)O)N2C(=O)C(NC(=O)CNc3ccc4nc(N)sc4c3)[C@@H]2SC1. The number of rotatable bonds is 6. The zero-order valence-electron chi connectivity index (χ0n) is 15.5. The van der Waals surface area contributed by atoms with E-state index in [1.165, 1.54) is 34.1 Å². The summed E-state index contributed by atoms with van der Waals surface area (Å²) in [7, 11) is 0. The average Bonchev–Trinajstić information content (AvgIpc) is 3.08. The van der Waals surface area contributed by atoms with E-state index in [9.17, 15) is 14.4 Å². The first-order chi connectivity index (χ1) is 14.4. The molecule has 4 rings (SSSR count). The smallest absolute Gasteiger partial charge is 0.449 e. The summed E-state index contributed by atoms with van der Waals surface area (Å²) in [5.74, 6) is -0.426. The summed E-state index contributed by atoms with van der Waals surface area (Å²) in [4.78, 5) is 41.2. The van der Waals surface area contributed by atoms with Gasteiger partial charge in [0.05, 0.1) is 16.8 Å². The van der Waals surface area contributed by atoms with Crippen molar-refractivity contribution in [3.05, 3.63) is 42.3 Å². The lowest BCUT2D eigenvalue weighted by molar-refractivity contribution is -0.148. The Morgan fingerprint density at radius 2 is 2.27 bits per heavy atom. The molecule has 1 saturated heterocycles. The second-order valence-electron chi connectivity index (χ2n) is 6.45. The Hall–Kier alpha value is -3.25. The lowest BCUT2D eigenvalue weighted by Crippen LogP contribution is -2.70. The first kappa shape index (κ1) is 20.0. The zero-order valence-corrected chi connectivity index (χ0v) is 17.1. The number of fused-ring (bicyclic) bond motifs is 2. The first-order valence-corrected chi connectivity index (χ1v) is 10.6. The predicted octanol–water partition coefficient (Wildman–Crippen LogP) is 1.78. The van der Waals surface area contributed by atoms with Crippen LogP contribution in [-0.4, -0.2) is 56.7 Å². The third-order valence-corrected chi connectivity index (χ3v) is 6.70. The van der Waals surface area contributed by atoms with E-state index >= 15 is 0 Å². The molecule has 2 atom stereocenters. The molecule has 0 bridgehead atoms. The van der Waals surface area contributed by atoms with Crippen molar-refractivity contribution in [2.24, 2.45) is 0 Å². The predicted molar refractivity (Wildman–Crippen MR) is 114 cm³/mol. The van der Waals surface area contributed by atoms with E-state index in [0.717, 1.165) is 15.9 Å². The average molecular weight is 447 g/mol. The molecule has 0 saturated carbocycles. The molecule has 12 heteroatoms. The number of ether oxygens (including phenoxy) is 1. The van der Waals surface area contributed by atoms with Gasteiger partial charge in [-0.3, -0.25) is 14.5 Å². The zero-order chi connectivity index (χ0) is 21.4. The summed E-state index contributed by atoms with van der Waals surface area (Å²) in [6.45, 7) is 3.59. The van der Waals surface area contributed by atoms with Crippen LogP contribution in [0.2, 0.25) is 0 Å². The van der Waals surface area contributed by atoms with E-state index in [2.05, 4.69) is 22.2 Å². The van der Waals surface area contributed by atoms with Gasteiger partial charge < -0.3 is 26.2 Å². The number of benzene rings is 1. The Labute approximate surface area is 178 Å². The Kier molecular flexibility index (Phi) is 5.26. The minimum absolute atomic E-state index is 0.0345. The van der Waals surface area contributed by atoms with Gasteiger partial charge >= 0.3 is 6.16 Å². The molecule has 0 spiro atoms. The van der Waals surface area contributed by atoms with Crippen LogP contribution in [0.25, 0.3) is 10.2 Å². The molecule has 1 fully saturated rings. The molecule has 1 aromatic carbocycles. The number of hydrogen-bond acceptors (Lipinski definition) is 9. The number of aromatic nitrogens is 1. The number of nitrogens with zero attached hydrogens (tertiary/aromatic N) is 2. The standard InChI is InChI=1S/C18H17N5O5S2/c1-2-8-7-29-16-13(14(25)23(16)15(8)28-18(26)27)22-12(24)6-20-9-3-4-10-11(5-9)30-17(19)21-10/h2-5,13,16,20H,1,6-7H2,(H2,19,21)(H,22,24)(H,26,27)/t13?,16-/m0/s1. The van der Waals surface area contributed by atoms with Crippen molar-refractivity contribution < 1.29 is 24.2 Å². The van der Waals surface area contributed by atoms with Crippen LogP contribution >= 0.6 is 23.1 Å². The Morgan fingerprint density at radius 1 is 1.47 bits per heavy atom. The number of thiazole rings is 1. The fourth-order valence-corrected chi connectivity index (χ4v) is 5.27. The van der Waals surface area contributed by atoms with Crippen LogP contribution in [0.15, 0.2) is 42.3 Å². The Bertz CT molecular complexity index is 1100. The highest BCUT2D eigenvalue weighted by Crippen LogP contribution is 2.40. The summed E-state index contributed by atoms with van der Waals surface area (Å²) in [5, 5.41) is 14.7. The molecule has 2 aromatic rings. The van der Waals surface area contributed by atoms with Gasteiger partial charge in [0.2, 0.25) is 11.8 Å². The van der Waals surface area contributed by atoms with E-state index < -0.39 is 23.5 Å². The molecule has 3 heterocycles. The number of β-lactam (4-membered cyclic amide) rings is 1. The second-order valence-corrected chi connectivity index (χ2v) is 8.61. The maximum atomic E-state index is 12.5. The highest BCUT2D eigenvalue weighted by molar-refractivity contribution is 8.00. The molecule has 2 amide bonds. The Balaban J connectivity index is 1.37. The van der Waals surface area contributed by atoms with Gasteiger partial charge in [0.15, 0.2) is 5.13 Å². The molecule has 2 aliphatic rings. The van der Waals surface area contributed by atoms with E-state index in [0.29, 0.717) is 16.5 Å². The topological polar surface area (TPSA) is 147 Å². The maximum Gasteiger partial charge on any atom is 0.512 e. The normalized spacial score (nSPS) is 20.4. The van der Waals surface area contributed by atoms with Crippen LogP contribution in [0.4, 0.5) is 15.6 Å². The van der Waals surface area contributed by atoms with Crippen LogP contribution < -0.4 is 16.4 Å². The van der Waals surface area contributed by atoms with Crippen LogP contribution in [-0.2, 0) is 14.3 Å². The van der Waals surface area contributed by atoms with E-state index in [-0.39, 0.29) is 18.3 Å². The third-order valence-electron chi connectivity index (χ3n) is 4.55. The van der Waals surface area contributed by atoms with Crippen molar-refractivity contribution in [3.63, 3.8) is 0 Å². The second kappa shape index (κ2) is 7.88. The number of carbonyl (C=O) groups is 3. The highest BCUT2D eigenvalue weighted by Gasteiger charge is 2.53. The van der Waals surface area contributed by atoms with Crippen LogP contribution in [0, 0.1) is 0 Å². The molecule has 1 aromatic heterocycles. The fraction of sp³-hybridized carbons (Fsp3) is 0.222. The number of nitrogen functional groups attached to an aromatic ring is 1. The molecule has 1 unspecified atom stereocenters. The summed E-state index contributed by atoms with van der Waals surface area (Å²) in [5.41, 5.74) is 7.72. The summed E-state index contributed by atoms with van der Waals surface area (Å²) in [6, 6.07) is 4.69. The van der Waals surface area contributed by atoms with Crippen molar-refractivity contribution in [2.75, 3.05) is 23.3 Å². The van der Waals surface area contributed by atoms with Crippen molar-refractivity contribution in [3.8, 4) is 0 Å². The number of allylic oxidation sites excluding steroid dienone is 1. The number of nitrogens with two attached hydrogens (primary N) is 1. The summed E-state index contributed by atoms with van der Waals surface area (Å²) >= 11 is 2.75.